The molecule has 0 aromatic heterocycles. The number of fused-ring (bicyclic) bond motifs is 1. The molecule has 0 radical (unpaired) electrons. The molecule has 0 bridgehead atoms. The molecular weight excluding hydrogens is 270 g/mol. The van der Waals surface area contributed by atoms with Crippen LogP contribution in [0.3, 0.4) is 0 Å². The number of nitrogens with zero attached hydrogens (tertiary/aromatic N) is 1. The van der Waals surface area contributed by atoms with Crippen LogP contribution in [0.15, 0.2) is 24.3 Å². The summed E-state index contributed by atoms with van der Waals surface area (Å²) in [7, 11) is 1.73. The van der Waals surface area contributed by atoms with E-state index in [1.54, 1.807) is 11.9 Å². The lowest BCUT2D eigenvalue weighted by Crippen LogP contribution is -2.46. The first-order chi connectivity index (χ1) is 10.1. The van der Waals surface area contributed by atoms with Crippen LogP contribution < -0.4 is 20.3 Å². The van der Waals surface area contributed by atoms with Crippen LogP contribution in [0.1, 0.15) is 19.8 Å². The van der Waals surface area contributed by atoms with E-state index in [1.165, 1.54) is 0 Å². The van der Waals surface area contributed by atoms with Gasteiger partial charge in [0.15, 0.2) is 6.10 Å². The van der Waals surface area contributed by atoms with Crippen molar-refractivity contribution in [2.45, 2.75) is 25.9 Å². The summed E-state index contributed by atoms with van der Waals surface area (Å²) >= 11 is 0. The summed E-state index contributed by atoms with van der Waals surface area (Å²) in [4.78, 5) is 25.2. The summed E-state index contributed by atoms with van der Waals surface area (Å²) < 4.78 is 5.71. The third-order valence-corrected chi connectivity index (χ3v) is 3.33. The molecule has 1 aromatic carbocycles. The van der Waals surface area contributed by atoms with Crippen molar-refractivity contribution >= 4 is 17.6 Å². The molecule has 0 aliphatic carbocycles. The van der Waals surface area contributed by atoms with Crippen LogP contribution in [-0.4, -0.2) is 38.2 Å². The molecule has 1 unspecified atom stereocenters. The normalized spacial score (nSPS) is 17.0. The van der Waals surface area contributed by atoms with E-state index >= 15 is 0 Å². The van der Waals surface area contributed by atoms with Gasteiger partial charge in [0, 0.05) is 26.6 Å². The minimum atomic E-state index is -0.559. The Morgan fingerprint density at radius 2 is 2.00 bits per heavy atom. The summed E-state index contributed by atoms with van der Waals surface area (Å²) in [5.41, 5.74) is 0.771. The second-order valence-electron chi connectivity index (χ2n) is 4.94. The first-order valence-corrected chi connectivity index (χ1v) is 7.18. The fourth-order valence-electron chi connectivity index (χ4n) is 2.17. The fourth-order valence-corrected chi connectivity index (χ4v) is 2.17. The summed E-state index contributed by atoms with van der Waals surface area (Å²) in [5.74, 6) is 0.601. The lowest BCUT2D eigenvalue weighted by Gasteiger charge is -2.31. The maximum Gasteiger partial charge on any atom is 0.314 e. The number of benzene rings is 1. The maximum absolute atomic E-state index is 12.2. The third-order valence-electron chi connectivity index (χ3n) is 3.33. The molecule has 6 nitrogen and oxygen atoms in total. The predicted octanol–water partition coefficient (Wildman–Crippen LogP) is 1.51. The van der Waals surface area contributed by atoms with Crippen molar-refractivity contribution in [1.29, 1.82) is 0 Å². The molecule has 0 spiro atoms. The SMILES string of the molecule is CCCNC(=O)NCCC1Oc2ccccc2N(C)C1=O. The van der Waals surface area contributed by atoms with Gasteiger partial charge in [-0.15, -0.1) is 0 Å². The Hall–Kier alpha value is -2.24. The van der Waals surface area contributed by atoms with Crippen LogP contribution in [0.2, 0.25) is 0 Å². The zero-order chi connectivity index (χ0) is 15.2. The Morgan fingerprint density at radius 1 is 1.29 bits per heavy atom. The lowest BCUT2D eigenvalue weighted by atomic mass is 10.1. The number of nitrogens with one attached hydrogen (secondary N) is 2. The number of para-hydroxylation sites is 2. The van der Waals surface area contributed by atoms with Crippen molar-refractivity contribution in [1.82, 2.24) is 10.6 Å². The second kappa shape index (κ2) is 6.97. The Morgan fingerprint density at radius 3 is 2.76 bits per heavy atom. The van der Waals surface area contributed by atoms with Gasteiger partial charge in [0.1, 0.15) is 5.75 Å². The summed E-state index contributed by atoms with van der Waals surface area (Å²) in [6, 6.07) is 7.21. The minimum absolute atomic E-state index is 0.0931. The van der Waals surface area contributed by atoms with Gasteiger partial charge >= 0.3 is 6.03 Å². The molecule has 1 atom stereocenters. The molecule has 114 valence electrons. The van der Waals surface area contributed by atoms with Crippen LogP contribution in [-0.2, 0) is 4.79 Å². The van der Waals surface area contributed by atoms with E-state index in [-0.39, 0.29) is 11.9 Å². The smallest absolute Gasteiger partial charge is 0.314 e. The zero-order valence-electron chi connectivity index (χ0n) is 12.4. The molecule has 21 heavy (non-hydrogen) atoms. The number of urea groups is 1. The molecule has 6 heteroatoms. The monoisotopic (exact) mass is 291 g/mol. The van der Waals surface area contributed by atoms with Gasteiger partial charge in [-0.1, -0.05) is 19.1 Å². The third kappa shape index (κ3) is 3.65. The Balaban J connectivity index is 1.88. The molecule has 1 aromatic rings. The molecular formula is C15H21N3O3. The van der Waals surface area contributed by atoms with E-state index in [9.17, 15) is 9.59 Å². The van der Waals surface area contributed by atoms with Crippen LogP contribution in [0.5, 0.6) is 5.75 Å². The number of hydrogen-bond acceptors (Lipinski definition) is 3. The van der Waals surface area contributed by atoms with Gasteiger partial charge in [-0.2, -0.15) is 0 Å². The van der Waals surface area contributed by atoms with Crippen molar-refractivity contribution in [3.05, 3.63) is 24.3 Å². The number of amides is 3. The number of rotatable bonds is 5. The van der Waals surface area contributed by atoms with Gasteiger partial charge in [-0.05, 0) is 18.6 Å². The molecule has 2 rings (SSSR count). The summed E-state index contributed by atoms with van der Waals surface area (Å²) in [5, 5.41) is 5.44. The number of likely N-dealkylation sites (N-methyl/N-ethyl adjacent to an activating group) is 1. The van der Waals surface area contributed by atoms with Gasteiger partial charge in [-0.25, -0.2) is 4.79 Å². The maximum atomic E-state index is 12.2. The lowest BCUT2D eigenvalue weighted by molar-refractivity contribution is -0.126. The molecule has 0 saturated carbocycles. The second-order valence-corrected chi connectivity index (χ2v) is 4.94. The topological polar surface area (TPSA) is 70.7 Å². The van der Waals surface area contributed by atoms with Crippen LogP contribution >= 0.6 is 0 Å². The van der Waals surface area contributed by atoms with E-state index in [4.69, 9.17) is 4.74 Å². The highest BCUT2D eigenvalue weighted by atomic mass is 16.5. The molecule has 0 fully saturated rings. The van der Waals surface area contributed by atoms with Gasteiger partial charge < -0.3 is 20.3 Å². The number of carbonyl (C=O) groups excluding carboxylic acids is 2. The van der Waals surface area contributed by atoms with E-state index < -0.39 is 6.10 Å². The van der Waals surface area contributed by atoms with Crippen molar-refractivity contribution in [3.63, 3.8) is 0 Å². The molecule has 1 heterocycles. The summed E-state index contributed by atoms with van der Waals surface area (Å²) in [6.45, 7) is 3.02. The summed E-state index contributed by atoms with van der Waals surface area (Å²) in [6.07, 6.45) is 0.771. The van der Waals surface area contributed by atoms with Gasteiger partial charge in [0.2, 0.25) is 0 Å². The quantitative estimate of drug-likeness (QED) is 0.864. The average Bonchev–Trinajstić information content (AvgIpc) is 2.50. The molecule has 3 amide bonds. The molecule has 2 N–H and O–H groups in total. The standard InChI is InChI=1S/C15H21N3O3/c1-3-9-16-15(20)17-10-8-13-14(19)18(2)11-6-4-5-7-12(11)21-13/h4-7,13H,3,8-10H2,1-2H3,(H2,16,17,20). The predicted molar refractivity (Wildman–Crippen MR) is 80.6 cm³/mol. The van der Waals surface area contributed by atoms with E-state index in [1.807, 2.05) is 31.2 Å². The highest BCUT2D eigenvalue weighted by molar-refractivity contribution is 5.99. The first-order valence-electron chi connectivity index (χ1n) is 7.18. The number of carbonyl (C=O) groups is 2. The van der Waals surface area contributed by atoms with Crippen molar-refractivity contribution in [3.8, 4) is 5.75 Å². The van der Waals surface area contributed by atoms with Gasteiger partial charge in [0.05, 0.1) is 5.69 Å². The fraction of sp³-hybridized carbons (Fsp3) is 0.467. The van der Waals surface area contributed by atoms with Gasteiger partial charge in [0.25, 0.3) is 5.91 Å². The largest absolute Gasteiger partial charge is 0.478 e. The van der Waals surface area contributed by atoms with Crippen LogP contribution in [0, 0.1) is 0 Å². The van der Waals surface area contributed by atoms with Gasteiger partial charge in [-0.3, -0.25) is 4.79 Å². The minimum Gasteiger partial charge on any atom is -0.478 e. The first kappa shape index (κ1) is 15.2. The Bertz CT molecular complexity index is 519. The molecule has 0 saturated heterocycles. The number of ether oxygens (including phenoxy) is 1. The van der Waals surface area contributed by atoms with E-state index in [0.717, 1.165) is 12.1 Å². The highest BCUT2D eigenvalue weighted by Gasteiger charge is 2.31. The van der Waals surface area contributed by atoms with Crippen molar-refractivity contribution in [2.24, 2.45) is 0 Å². The molecule has 1 aliphatic rings. The van der Waals surface area contributed by atoms with Crippen LogP contribution in [0.4, 0.5) is 10.5 Å². The highest BCUT2D eigenvalue weighted by Crippen LogP contribution is 2.33. The zero-order valence-corrected chi connectivity index (χ0v) is 12.4. The van der Waals surface area contributed by atoms with E-state index in [0.29, 0.717) is 25.3 Å². The van der Waals surface area contributed by atoms with Crippen molar-refractivity contribution < 1.29 is 14.3 Å². The Labute approximate surface area is 124 Å². The number of hydrogen-bond donors (Lipinski definition) is 2. The van der Waals surface area contributed by atoms with E-state index in [2.05, 4.69) is 10.6 Å². The van der Waals surface area contributed by atoms with Crippen LogP contribution in [0.25, 0.3) is 0 Å². The average molecular weight is 291 g/mol. The molecule has 1 aliphatic heterocycles. The number of anilines is 1. The van der Waals surface area contributed by atoms with Crippen molar-refractivity contribution in [2.75, 3.05) is 25.0 Å². The Kier molecular flexibility index (Phi) is 5.03.